The molecule has 0 N–H and O–H groups in total. The van der Waals surface area contributed by atoms with Crippen LogP contribution in [0.4, 0.5) is 0 Å². The molecule has 1 fully saturated rings. The third-order valence-corrected chi connectivity index (χ3v) is 6.50. The van der Waals surface area contributed by atoms with Crippen LogP contribution < -0.4 is 0 Å². The first kappa shape index (κ1) is 19.5. The minimum atomic E-state index is -3.60. The van der Waals surface area contributed by atoms with E-state index in [0.29, 0.717) is 19.6 Å². The predicted molar refractivity (Wildman–Crippen MR) is 103 cm³/mol. The van der Waals surface area contributed by atoms with Gasteiger partial charge in [-0.15, -0.1) is 0 Å². The lowest BCUT2D eigenvalue weighted by atomic mass is 10.1. The second-order valence-electron chi connectivity index (χ2n) is 6.61. The van der Waals surface area contributed by atoms with Crippen molar-refractivity contribution in [1.82, 2.24) is 9.21 Å². The second kappa shape index (κ2) is 8.65. The van der Waals surface area contributed by atoms with Crippen molar-refractivity contribution in [2.45, 2.75) is 19.1 Å². The highest BCUT2D eigenvalue weighted by Gasteiger charge is 2.39. The van der Waals surface area contributed by atoms with Crippen molar-refractivity contribution in [2.75, 3.05) is 26.0 Å². The van der Waals surface area contributed by atoms with Gasteiger partial charge >= 0.3 is 5.97 Å². The highest BCUT2D eigenvalue weighted by molar-refractivity contribution is 7.89. The minimum Gasteiger partial charge on any atom is -0.468 e. The number of hydrogen-bond donors (Lipinski definition) is 0. The molecule has 1 unspecified atom stereocenters. The first-order valence-electron chi connectivity index (χ1n) is 8.87. The molecule has 7 heteroatoms. The maximum Gasteiger partial charge on any atom is 0.325 e. The van der Waals surface area contributed by atoms with Crippen LogP contribution in [0.3, 0.4) is 0 Å². The summed E-state index contributed by atoms with van der Waals surface area (Å²) in [6.45, 7) is 1.41. The molecular formula is C20H24N2O4S. The number of sulfonamides is 1. The Morgan fingerprint density at radius 2 is 1.56 bits per heavy atom. The van der Waals surface area contributed by atoms with Crippen molar-refractivity contribution < 1.29 is 17.9 Å². The number of benzene rings is 2. The van der Waals surface area contributed by atoms with E-state index in [9.17, 15) is 13.2 Å². The maximum absolute atomic E-state index is 12.9. The van der Waals surface area contributed by atoms with E-state index >= 15 is 0 Å². The zero-order chi connectivity index (χ0) is 19.3. The molecule has 0 amide bonds. The van der Waals surface area contributed by atoms with Crippen molar-refractivity contribution in [3.05, 3.63) is 71.8 Å². The van der Waals surface area contributed by atoms with Gasteiger partial charge < -0.3 is 4.74 Å². The Labute approximate surface area is 160 Å². The standard InChI is InChI=1S/C20H24N2O4S/c1-26-20(23)19-16-21(14-17-8-4-2-5-9-17)12-13-27(24,25)22(19)15-18-10-6-3-7-11-18/h2-11,19H,12-16H2,1H3. The lowest BCUT2D eigenvalue weighted by Gasteiger charge is -2.28. The Bertz CT molecular complexity index is 856. The molecule has 0 saturated carbocycles. The number of methoxy groups -OCH3 is 1. The van der Waals surface area contributed by atoms with E-state index in [2.05, 4.69) is 0 Å². The second-order valence-corrected chi connectivity index (χ2v) is 8.65. The molecule has 0 spiro atoms. The summed E-state index contributed by atoms with van der Waals surface area (Å²) in [4.78, 5) is 14.5. The van der Waals surface area contributed by atoms with E-state index in [4.69, 9.17) is 4.74 Å². The first-order valence-corrected chi connectivity index (χ1v) is 10.5. The third-order valence-electron chi connectivity index (χ3n) is 4.71. The fourth-order valence-electron chi connectivity index (χ4n) is 3.27. The Morgan fingerprint density at radius 3 is 2.11 bits per heavy atom. The average molecular weight is 388 g/mol. The molecule has 1 atom stereocenters. The summed E-state index contributed by atoms with van der Waals surface area (Å²) in [5.74, 6) is -0.561. The molecule has 144 valence electrons. The lowest BCUT2D eigenvalue weighted by Crippen LogP contribution is -2.48. The smallest absolute Gasteiger partial charge is 0.325 e. The number of rotatable bonds is 5. The van der Waals surface area contributed by atoms with Crippen LogP contribution in [0.2, 0.25) is 0 Å². The molecule has 0 bridgehead atoms. The van der Waals surface area contributed by atoms with Crippen LogP contribution >= 0.6 is 0 Å². The third kappa shape index (κ3) is 4.94. The van der Waals surface area contributed by atoms with Gasteiger partial charge in [0.15, 0.2) is 0 Å². The summed E-state index contributed by atoms with van der Waals surface area (Å²) in [6.07, 6.45) is 0. The van der Waals surface area contributed by atoms with Gasteiger partial charge in [0.2, 0.25) is 10.0 Å². The molecule has 3 rings (SSSR count). The number of carbonyl (C=O) groups excluding carboxylic acids is 1. The van der Waals surface area contributed by atoms with E-state index in [1.807, 2.05) is 65.6 Å². The molecule has 1 aliphatic rings. The van der Waals surface area contributed by atoms with Gasteiger partial charge in [-0.3, -0.25) is 9.69 Å². The molecule has 0 aromatic heterocycles. The SMILES string of the molecule is COC(=O)C1CN(Cc2ccccc2)CCS(=O)(=O)N1Cc1ccccc1. The van der Waals surface area contributed by atoms with Gasteiger partial charge in [0.25, 0.3) is 0 Å². The number of hydrogen-bond acceptors (Lipinski definition) is 5. The van der Waals surface area contributed by atoms with Crippen molar-refractivity contribution in [3.8, 4) is 0 Å². The van der Waals surface area contributed by atoms with Gasteiger partial charge in [-0.05, 0) is 11.1 Å². The van der Waals surface area contributed by atoms with E-state index in [-0.39, 0.29) is 12.3 Å². The summed E-state index contributed by atoms with van der Waals surface area (Å²) in [6, 6.07) is 18.3. The average Bonchev–Trinajstić information content (AvgIpc) is 2.80. The van der Waals surface area contributed by atoms with Gasteiger partial charge in [-0.25, -0.2) is 8.42 Å². The van der Waals surface area contributed by atoms with Crippen molar-refractivity contribution in [3.63, 3.8) is 0 Å². The highest BCUT2D eigenvalue weighted by atomic mass is 32.2. The number of nitrogens with zero attached hydrogens (tertiary/aromatic N) is 2. The highest BCUT2D eigenvalue weighted by Crippen LogP contribution is 2.21. The summed E-state index contributed by atoms with van der Waals surface area (Å²) in [5.41, 5.74) is 1.92. The van der Waals surface area contributed by atoms with Crippen molar-refractivity contribution in [1.29, 1.82) is 0 Å². The molecule has 1 heterocycles. The molecule has 1 aliphatic heterocycles. The van der Waals surface area contributed by atoms with E-state index in [1.54, 1.807) is 0 Å². The molecular weight excluding hydrogens is 364 g/mol. The van der Waals surface area contributed by atoms with Crippen LogP contribution in [0, 0.1) is 0 Å². The van der Waals surface area contributed by atoms with Crippen LogP contribution in [0.1, 0.15) is 11.1 Å². The fraction of sp³-hybridized carbons (Fsp3) is 0.350. The molecule has 6 nitrogen and oxygen atoms in total. The summed E-state index contributed by atoms with van der Waals surface area (Å²) in [7, 11) is -2.30. The molecule has 2 aromatic carbocycles. The van der Waals surface area contributed by atoms with Crippen LogP contribution in [0.5, 0.6) is 0 Å². The Balaban J connectivity index is 1.87. The van der Waals surface area contributed by atoms with Crippen LogP contribution in [-0.4, -0.2) is 55.6 Å². The lowest BCUT2D eigenvalue weighted by molar-refractivity contribution is -0.145. The molecule has 27 heavy (non-hydrogen) atoms. The van der Waals surface area contributed by atoms with Gasteiger partial charge in [0.1, 0.15) is 6.04 Å². The summed E-state index contributed by atoms with van der Waals surface area (Å²) < 4.78 is 32.1. The Kier molecular flexibility index (Phi) is 6.26. The molecule has 1 saturated heterocycles. The maximum atomic E-state index is 12.9. The zero-order valence-electron chi connectivity index (χ0n) is 15.3. The molecule has 0 aliphatic carbocycles. The normalized spacial score (nSPS) is 20.7. The molecule has 2 aromatic rings. The summed E-state index contributed by atoms with van der Waals surface area (Å²) in [5, 5.41) is 0. The molecule has 0 radical (unpaired) electrons. The van der Waals surface area contributed by atoms with Crippen LogP contribution in [0.15, 0.2) is 60.7 Å². The fourth-order valence-corrected chi connectivity index (χ4v) is 4.88. The monoisotopic (exact) mass is 388 g/mol. The number of ether oxygens (including phenoxy) is 1. The van der Waals surface area contributed by atoms with E-state index in [0.717, 1.165) is 11.1 Å². The van der Waals surface area contributed by atoms with Gasteiger partial charge in [0, 0.05) is 26.2 Å². The van der Waals surface area contributed by atoms with Crippen LogP contribution in [0.25, 0.3) is 0 Å². The predicted octanol–water partition coefficient (Wildman–Crippen LogP) is 1.88. The van der Waals surface area contributed by atoms with Crippen molar-refractivity contribution >= 4 is 16.0 Å². The Hall–Kier alpha value is -2.22. The zero-order valence-corrected chi connectivity index (χ0v) is 16.1. The first-order chi connectivity index (χ1) is 13.0. The van der Waals surface area contributed by atoms with E-state index < -0.39 is 22.0 Å². The topological polar surface area (TPSA) is 66.9 Å². The largest absolute Gasteiger partial charge is 0.468 e. The Morgan fingerprint density at radius 1 is 1.00 bits per heavy atom. The quantitative estimate of drug-likeness (QED) is 0.732. The summed E-state index contributed by atoms with van der Waals surface area (Å²) >= 11 is 0. The van der Waals surface area contributed by atoms with Crippen LogP contribution in [-0.2, 0) is 32.6 Å². The number of carbonyl (C=O) groups is 1. The number of esters is 1. The van der Waals surface area contributed by atoms with Crippen molar-refractivity contribution in [2.24, 2.45) is 0 Å². The van der Waals surface area contributed by atoms with E-state index in [1.165, 1.54) is 11.4 Å². The van der Waals surface area contributed by atoms with Gasteiger partial charge in [0.05, 0.1) is 12.9 Å². The van der Waals surface area contributed by atoms with Gasteiger partial charge in [-0.1, -0.05) is 60.7 Å². The van der Waals surface area contributed by atoms with Gasteiger partial charge in [-0.2, -0.15) is 4.31 Å². The minimum absolute atomic E-state index is 0.0276.